The summed E-state index contributed by atoms with van der Waals surface area (Å²) in [7, 11) is 0. The van der Waals surface area contributed by atoms with Gasteiger partial charge in [-0.1, -0.05) is 29.8 Å². The maximum Gasteiger partial charge on any atom is 0.322 e. The Morgan fingerprint density at radius 3 is 2.60 bits per heavy atom. The van der Waals surface area contributed by atoms with Crippen molar-refractivity contribution in [3.63, 3.8) is 0 Å². The Morgan fingerprint density at radius 1 is 1.08 bits per heavy atom. The van der Waals surface area contributed by atoms with Crippen molar-refractivity contribution in [3.8, 4) is 11.4 Å². The second-order valence-electron chi connectivity index (χ2n) is 5.03. The van der Waals surface area contributed by atoms with Gasteiger partial charge < -0.3 is 15.7 Å². The van der Waals surface area contributed by atoms with Crippen LogP contribution in [0.3, 0.4) is 0 Å². The van der Waals surface area contributed by atoms with Crippen LogP contribution in [0.2, 0.25) is 5.02 Å². The van der Waals surface area contributed by atoms with Crippen molar-refractivity contribution in [2.75, 3.05) is 17.2 Å². The average Bonchev–Trinajstić information content (AvgIpc) is 2.62. The molecule has 3 aromatic rings. The molecule has 0 spiro atoms. The largest absolute Gasteiger partial charge is 0.480 e. The van der Waals surface area contributed by atoms with E-state index in [0.717, 1.165) is 0 Å². The van der Waals surface area contributed by atoms with Crippen molar-refractivity contribution in [2.45, 2.75) is 0 Å². The van der Waals surface area contributed by atoms with Crippen molar-refractivity contribution in [3.05, 3.63) is 59.8 Å². The zero-order valence-electron chi connectivity index (χ0n) is 13.0. The van der Waals surface area contributed by atoms with E-state index >= 15 is 0 Å². The van der Waals surface area contributed by atoms with E-state index in [9.17, 15) is 4.79 Å². The lowest BCUT2D eigenvalue weighted by Crippen LogP contribution is -2.15. The molecule has 0 fully saturated rings. The second-order valence-corrected chi connectivity index (χ2v) is 5.44. The molecule has 126 valence electrons. The summed E-state index contributed by atoms with van der Waals surface area (Å²) in [6, 6.07) is 14.4. The number of halogens is 1. The number of para-hydroxylation sites is 1. The van der Waals surface area contributed by atoms with E-state index in [1.54, 1.807) is 24.4 Å². The van der Waals surface area contributed by atoms with Gasteiger partial charge in [-0.3, -0.25) is 9.78 Å². The van der Waals surface area contributed by atoms with Crippen molar-refractivity contribution in [1.29, 1.82) is 0 Å². The fourth-order valence-electron chi connectivity index (χ4n) is 2.09. The quantitative estimate of drug-likeness (QED) is 0.622. The number of carboxylic acid groups (broad SMARTS) is 1. The van der Waals surface area contributed by atoms with E-state index in [4.69, 9.17) is 16.7 Å². The molecular formula is C17H14ClN5O2. The molecule has 1 aromatic carbocycles. The molecule has 0 saturated carbocycles. The lowest BCUT2D eigenvalue weighted by atomic mass is 10.2. The van der Waals surface area contributed by atoms with E-state index in [1.807, 2.05) is 30.3 Å². The Hall–Kier alpha value is -3.19. The summed E-state index contributed by atoms with van der Waals surface area (Å²) in [6.45, 7) is -0.294. The van der Waals surface area contributed by atoms with Crippen molar-refractivity contribution in [1.82, 2.24) is 15.0 Å². The number of nitrogens with zero attached hydrogens (tertiary/aromatic N) is 3. The number of hydrogen-bond acceptors (Lipinski definition) is 6. The first-order valence-corrected chi connectivity index (χ1v) is 7.77. The van der Waals surface area contributed by atoms with Crippen LogP contribution >= 0.6 is 11.6 Å². The molecule has 8 heteroatoms. The highest BCUT2D eigenvalue weighted by atomic mass is 35.5. The van der Waals surface area contributed by atoms with Gasteiger partial charge in [0, 0.05) is 12.3 Å². The first kappa shape index (κ1) is 16.7. The topological polar surface area (TPSA) is 100 Å². The minimum Gasteiger partial charge on any atom is -0.480 e. The minimum absolute atomic E-state index is 0.181. The van der Waals surface area contributed by atoms with Gasteiger partial charge in [0.15, 0.2) is 0 Å². The van der Waals surface area contributed by atoms with Crippen LogP contribution in [-0.2, 0) is 4.79 Å². The molecule has 0 aliphatic rings. The summed E-state index contributed by atoms with van der Waals surface area (Å²) < 4.78 is 0. The van der Waals surface area contributed by atoms with Crippen LogP contribution in [0.1, 0.15) is 0 Å². The van der Waals surface area contributed by atoms with Crippen molar-refractivity contribution in [2.24, 2.45) is 0 Å². The monoisotopic (exact) mass is 355 g/mol. The second kappa shape index (κ2) is 7.59. The van der Waals surface area contributed by atoms with Crippen LogP contribution in [0.5, 0.6) is 0 Å². The summed E-state index contributed by atoms with van der Waals surface area (Å²) in [5.74, 6) is -0.357. The Balaban J connectivity index is 1.97. The number of benzene rings is 1. The number of pyridine rings is 1. The van der Waals surface area contributed by atoms with Gasteiger partial charge in [0.1, 0.15) is 12.4 Å². The number of carbonyl (C=O) groups is 1. The number of nitrogens with one attached hydrogen (secondary N) is 2. The van der Waals surface area contributed by atoms with Crippen molar-refractivity contribution < 1.29 is 9.90 Å². The Labute approximate surface area is 148 Å². The van der Waals surface area contributed by atoms with Crippen LogP contribution in [-0.4, -0.2) is 32.6 Å². The first-order chi connectivity index (χ1) is 12.1. The number of aliphatic carboxylic acids is 1. The molecule has 7 nitrogen and oxygen atoms in total. The van der Waals surface area contributed by atoms with E-state index in [0.29, 0.717) is 27.9 Å². The summed E-state index contributed by atoms with van der Waals surface area (Å²) in [5.41, 5.74) is 1.88. The van der Waals surface area contributed by atoms with Crippen LogP contribution in [0.15, 0.2) is 54.7 Å². The predicted octanol–water partition coefficient (Wildman–Crippen LogP) is 3.43. The van der Waals surface area contributed by atoms with E-state index in [2.05, 4.69) is 25.6 Å². The van der Waals surface area contributed by atoms with Gasteiger partial charge >= 0.3 is 5.97 Å². The number of aromatic nitrogens is 3. The average molecular weight is 356 g/mol. The highest BCUT2D eigenvalue weighted by Gasteiger charge is 2.10. The summed E-state index contributed by atoms with van der Waals surface area (Å²) in [4.78, 5) is 23.7. The number of rotatable bonds is 6. The molecule has 2 aromatic heterocycles. The van der Waals surface area contributed by atoms with E-state index in [-0.39, 0.29) is 12.5 Å². The SMILES string of the molecule is O=C(O)CNc1nc(Nc2ccccc2Cl)cc(-c2ccccn2)n1. The molecule has 0 bridgehead atoms. The van der Waals surface area contributed by atoms with Gasteiger partial charge in [0.2, 0.25) is 5.95 Å². The van der Waals surface area contributed by atoms with Crippen LogP contribution in [0, 0.1) is 0 Å². The maximum atomic E-state index is 10.8. The third-order valence-electron chi connectivity index (χ3n) is 3.19. The molecule has 3 rings (SSSR count). The molecule has 0 saturated heterocycles. The Morgan fingerprint density at radius 2 is 1.88 bits per heavy atom. The fraction of sp³-hybridized carbons (Fsp3) is 0.0588. The number of carboxylic acids is 1. The Kier molecular flexibility index (Phi) is 5.06. The van der Waals surface area contributed by atoms with Gasteiger partial charge in [-0.2, -0.15) is 4.98 Å². The molecule has 0 unspecified atom stereocenters. The summed E-state index contributed by atoms with van der Waals surface area (Å²) in [6.07, 6.45) is 1.66. The van der Waals surface area contributed by atoms with Crippen LogP contribution < -0.4 is 10.6 Å². The molecule has 0 aliphatic heterocycles. The standard InChI is InChI=1S/C17H14ClN5O2/c18-11-5-1-2-6-12(11)21-15-9-14(13-7-3-4-8-19-13)22-17(23-15)20-10-16(24)25/h1-9H,10H2,(H,24,25)(H2,20,21,22,23). The normalized spacial score (nSPS) is 10.3. The molecule has 0 atom stereocenters. The fourth-order valence-corrected chi connectivity index (χ4v) is 2.27. The molecule has 2 heterocycles. The van der Waals surface area contributed by atoms with Gasteiger partial charge in [-0.25, -0.2) is 4.98 Å². The first-order valence-electron chi connectivity index (χ1n) is 7.39. The van der Waals surface area contributed by atoms with Crippen molar-refractivity contribution >= 4 is 35.0 Å². The third kappa shape index (κ3) is 4.42. The third-order valence-corrected chi connectivity index (χ3v) is 3.52. The lowest BCUT2D eigenvalue weighted by molar-refractivity contribution is -0.134. The van der Waals surface area contributed by atoms with Crippen LogP contribution in [0.25, 0.3) is 11.4 Å². The number of anilines is 3. The molecular weight excluding hydrogens is 342 g/mol. The van der Waals surface area contributed by atoms with Gasteiger partial charge in [-0.05, 0) is 24.3 Å². The molecule has 0 aliphatic carbocycles. The molecule has 3 N–H and O–H groups in total. The van der Waals surface area contributed by atoms with Gasteiger partial charge in [0.25, 0.3) is 0 Å². The maximum absolute atomic E-state index is 10.8. The summed E-state index contributed by atoms with van der Waals surface area (Å²) >= 11 is 6.16. The lowest BCUT2D eigenvalue weighted by Gasteiger charge is -2.11. The molecule has 0 amide bonds. The zero-order valence-corrected chi connectivity index (χ0v) is 13.7. The molecule has 0 radical (unpaired) electrons. The highest BCUT2D eigenvalue weighted by Crippen LogP contribution is 2.26. The van der Waals surface area contributed by atoms with E-state index in [1.165, 1.54) is 0 Å². The Bertz CT molecular complexity index is 889. The zero-order chi connectivity index (χ0) is 17.6. The minimum atomic E-state index is -1.01. The number of hydrogen-bond donors (Lipinski definition) is 3. The highest BCUT2D eigenvalue weighted by molar-refractivity contribution is 6.33. The van der Waals surface area contributed by atoms with Crippen LogP contribution in [0.4, 0.5) is 17.5 Å². The van der Waals surface area contributed by atoms with Gasteiger partial charge in [-0.15, -0.1) is 0 Å². The molecule has 25 heavy (non-hydrogen) atoms. The predicted molar refractivity (Wildman–Crippen MR) is 96.1 cm³/mol. The van der Waals surface area contributed by atoms with Gasteiger partial charge in [0.05, 0.1) is 22.1 Å². The summed E-state index contributed by atoms with van der Waals surface area (Å²) in [5, 5.41) is 15.2. The smallest absolute Gasteiger partial charge is 0.322 e. The van der Waals surface area contributed by atoms with E-state index < -0.39 is 5.97 Å².